The maximum absolute atomic E-state index is 11.0. The van der Waals surface area contributed by atoms with Crippen LogP contribution in [0.3, 0.4) is 0 Å². The number of hydrogen-bond acceptors (Lipinski definition) is 5. The molecule has 136 valence electrons. The summed E-state index contributed by atoms with van der Waals surface area (Å²) in [5.41, 5.74) is 0. The predicted molar refractivity (Wildman–Crippen MR) is 90.3 cm³/mol. The number of ether oxygens (including phenoxy) is 4. The highest BCUT2D eigenvalue weighted by molar-refractivity contribution is 5.77. The summed E-state index contributed by atoms with van der Waals surface area (Å²) in [7, 11) is 1.49. The Morgan fingerprint density at radius 3 is 1.91 bits per heavy atom. The van der Waals surface area contributed by atoms with Gasteiger partial charge >= 0.3 is 0 Å². The fourth-order valence-electron chi connectivity index (χ4n) is 1.23. The van der Waals surface area contributed by atoms with Crippen molar-refractivity contribution < 1.29 is 23.7 Å². The smallest absolute Gasteiger partial charge is 0.246 e. The Labute approximate surface area is 136 Å². The van der Waals surface area contributed by atoms with E-state index in [9.17, 15) is 4.79 Å². The molecule has 0 spiro atoms. The zero-order chi connectivity index (χ0) is 16.2. The van der Waals surface area contributed by atoms with Crippen LogP contribution in [0.25, 0.3) is 0 Å². The molecule has 1 amide bonds. The van der Waals surface area contributed by atoms with Crippen LogP contribution in [0.5, 0.6) is 0 Å². The molecule has 0 rings (SSSR count). The van der Waals surface area contributed by atoms with Crippen molar-refractivity contribution in [2.45, 2.75) is 41.0 Å². The molecule has 0 unspecified atom stereocenters. The first-order valence-electron chi connectivity index (χ1n) is 7.80. The van der Waals surface area contributed by atoms with Crippen molar-refractivity contribution >= 4 is 5.91 Å². The second-order valence-corrected chi connectivity index (χ2v) is 3.97. The Bertz CT molecular complexity index is 203. The van der Waals surface area contributed by atoms with Crippen molar-refractivity contribution in [2.24, 2.45) is 0 Å². The second-order valence-electron chi connectivity index (χ2n) is 3.97. The first-order chi connectivity index (χ1) is 10.3. The number of methoxy groups -OCH3 is 1. The molecule has 0 aliphatic carbocycles. The first kappa shape index (κ1) is 26.2. The molecule has 0 saturated carbocycles. The van der Waals surface area contributed by atoms with Gasteiger partial charge in [0.25, 0.3) is 0 Å². The fourth-order valence-corrected chi connectivity index (χ4v) is 1.23. The van der Waals surface area contributed by atoms with E-state index in [4.69, 9.17) is 14.2 Å². The normalized spacial score (nSPS) is 9.45. The summed E-state index contributed by atoms with van der Waals surface area (Å²) >= 11 is 0. The number of amides is 1. The third kappa shape index (κ3) is 24.3. The lowest BCUT2D eigenvalue weighted by Crippen LogP contribution is -2.30. The lowest BCUT2D eigenvalue weighted by molar-refractivity contribution is -0.125. The Kier molecular flexibility index (Phi) is 30.1. The standard InChI is InChI=1S/C13H27NO5.C2H6.CH4/c1-3-4-6-17-8-10-19-11-9-18-7-5-14-13(15)12-16-2;1-2;/h3-12H2,1-2H3,(H,14,15);1-2H3;1H4. The number of carbonyl (C=O) groups is 1. The molecule has 6 nitrogen and oxygen atoms in total. The molecule has 0 aliphatic rings. The van der Waals surface area contributed by atoms with Gasteiger partial charge in [0.2, 0.25) is 5.91 Å². The van der Waals surface area contributed by atoms with Crippen LogP contribution < -0.4 is 5.32 Å². The van der Waals surface area contributed by atoms with Gasteiger partial charge in [-0.15, -0.1) is 0 Å². The summed E-state index contributed by atoms with van der Waals surface area (Å²) in [5, 5.41) is 2.66. The van der Waals surface area contributed by atoms with Gasteiger partial charge in [0.15, 0.2) is 0 Å². The number of unbranched alkanes of at least 4 members (excludes halogenated alkanes) is 1. The van der Waals surface area contributed by atoms with E-state index < -0.39 is 0 Å². The van der Waals surface area contributed by atoms with Crippen LogP contribution in [0, 0.1) is 0 Å². The van der Waals surface area contributed by atoms with Gasteiger partial charge in [0.1, 0.15) is 6.61 Å². The van der Waals surface area contributed by atoms with Crippen LogP contribution in [0.1, 0.15) is 41.0 Å². The Morgan fingerprint density at radius 1 is 0.909 bits per heavy atom. The Hall–Kier alpha value is -0.690. The SMILES string of the molecule is C.CC.CCCCOCCOCCOCCNC(=O)COC. The topological polar surface area (TPSA) is 66.0 Å². The first-order valence-corrected chi connectivity index (χ1v) is 7.80. The molecule has 0 radical (unpaired) electrons. The van der Waals surface area contributed by atoms with Crippen LogP contribution in [-0.4, -0.2) is 65.8 Å². The summed E-state index contributed by atoms with van der Waals surface area (Å²) in [4.78, 5) is 11.0. The van der Waals surface area contributed by atoms with Crippen molar-refractivity contribution in [3.63, 3.8) is 0 Å². The zero-order valence-electron chi connectivity index (χ0n) is 14.1. The molecule has 0 heterocycles. The molecule has 0 atom stereocenters. The van der Waals surface area contributed by atoms with Gasteiger partial charge < -0.3 is 24.3 Å². The van der Waals surface area contributed by atoms with Crippen LogP contribution in [0.4, 0.5) is 0 Å². The fraction of sp³-hybridized carbons (Fsp3) is 0.938. The van der Waals surface area contributed by atoms with E-state index in [1.165, 1.54) is 7.11 Å². The van der Waals surface area contributed by atoms with E-state index in [1.54, 1.807) is 0 Å². The van der Waals surface area contributed by atoms with E-state index in [-0.39, 0.29) is 19.9 Å². The highest BCUT2D eigenvalue weighted by atomic mass is 16.5. The van der Waals surface area contributed by atoms with Gasteiger partial charge in [0, 0.05) is 20.3 Å². The number of rotatable bonds is 14. The molecule has 0 aromatic carbocycles. The summed E-state index contributed by atoms with van der Waals surface area (Å²) in [6, 6.07) is 0. The summed E-state index contributed by atoms with van der Waals surface area (Å²) in [5.74, 6) is -0.133. The molecule has 6 heteroatoms. The van der Waals surface area contributed by atoms with Crippen LogP contribution in [-0.2, 0) is 23.7 Å². The zero-order valence-corrected chi connectivity index (χ0v) is 14.1. The molecule has 0 aromatic rings. The van der Waals surface area contributed by atoms with E-state index in [0.717, 1.165) is 19.4 Å². The highest BCUT2D eigenvalue weighted by Gasteiger charge is 1.97. The molecule has 0 fully saturated rings. The predicted octanol–water partition coefficient (Wildman–Crippen LogP) is 2.26. The monoisotopic (exact) mass is 323 g/mol. The number of carbonyl (C=O) groups excluding carboxylic acids is 1. The van der Waals surface area contributed by atoms with Gasteiger partial charge in [-0.2, -0.15) is 0 Å². The third-order valence-electron chi connectivity index (χ3n) is 2.23. The third-order valence-corrected chi connectivity index (χ3v) is 2.23. The van der Waals surface area contributed by atoms with Crippen molar-refractivity contribution in [3.05, 3.63) is 0 Å². The van der Waals surface area contributed by atoms with E-state index >= 15 is 0 Å². The minimum Gasteiger partial charge on any atom is -0.379 e. The molecule has 0 aromatic heterocycles. The Balaban J connectivity index is -0.00000115. The Morgan fingerprint density at radius 2 is 1.41 bits per heavy atom. The van der Waals surface area contributed by atoms with E-state index in [1.807, 2.05) is 13.8 Å². The van der Waals surface area contributed by atoms with Crippen molar-refractivity contribution in [2.75, 3.05) is 59.9 Å². The van der Waals surface area contributed by atoms with Crippen LogP contribution in [0.15, 0.2) is 0 Å². The molecule has 0 bridgehead atoms. The van der Waals surface area contributed by atoms with Gasteiger partial charge in [-0.1, -0.05) is 34.6 Å². The summed E-state index contributed by atoms with van der Waals surface area (Å²) < 4.78 is 20.6. The van der Waals surface area contributed by atoms with Crippen molar-refractivity contribution in [3.8, 4) is 0 Å². The van der Waals surface area contributed by atoms with E-state index in [2.05, 4.69) is 17.0 Å². The van der Waals surface area contributed by atoms with Crippen molar-refractivity contribution in [1.82, 2.24) is 5.32 Å². The molecule has 0 aliphatic heterocycles. The van der Waals surface area contributed by atoms with Gasteiger partial charge in [-0.25, -0.2) is 0 Å². The van der Waals surface area contributed by atoms with Crippen LogP contribution in [0.2, 0.25) is 0 Å². The molecule has 1 N–H and O–H groups in total. The lowest BCUT2D eigenvalue weighted by Gasteiger charge is -2.07. The second kappa shape index (κ2) is 25.3. The van der Waals surface area contributed by atoms with Gasteiger partial charge in [0.05, 0.1) is 33.0 Å². The average Bonchev–Trinajstić information content (AvgIpc) is 2.51. The average molecular weight is 323 g/mol. The summed E-state index contributed by atoms with van der Waals surface area (Å²) in [6.07, 6.45) is 2.24. The molecular formula is C16H37NO5. The molecule has 0 saturated heterocycles. The van der Waals surface area contributed by atoms with Gasteiger partial charge in [-0.05, 0) is 6.42 Å². The van der Waals surface area contributed by atoms with Crippen LogP contribution >= 0.6 is 0 Å². The highest BCUT2D eigenvalue weighted by Crippen LogP contribution is 1.87. The lowest BCUT2D eigenvalue weighted by atomic mass is 10.4. The molecule has 22 heavy (non-hydrogen) atoms. The molecular weight excluding hydrogens is 286 g/mol. The minimum atomic E-state index is -0.133. The number of nitrogens with one attached hydrogen (secondary N) is 1. The summed E-state index contributed by atoms with van der Waals surface area (Å²) in [6.45, 7) is 10.3. The van der Waals surface area contributed by atoms with Gasteiger partial charge in [-0.3, -0.25) is 4.79 Å². The van der Waals surface area contributed by atoms with Crippen molar-refractivity contribution in [1.29, 1.82) is 0 Å². The maximum Gasteiger partial charge on any atom is 0.246 e. The quantitative estimate of drug-likeness (QED) is 0.497. The minimum absolute atomic E-state index is 0. The largest absolute Gasteiger partial charge is 0.379 e. The van der Waals surface area contributed by atoms with E-state index in [0.29, 0.717) is 39.6 Å². The maximum atomic E-state index is 11.0. The number of hydrogen-bond donors (Lipinski definition) is 1.